The van der Waals surface area contributed by atoms with E-state index in [1.165, 1.54) is 17.8 Å². The van der Waals surface area contributed by atoms with Crippen LogP contribution in [0, 0.1) is 17.3 Å². The molecule has 194 valence electrons. The van der Waals surface area contributed by atoms with Crippen LogP contribution in [0.5, 0.6) is 0 Å². The molecule has 3 N–H and O–H groups in total. The number of pyridine rings is 3. The lowest BCUT2D eigenvalue weighted by Gasteiger charge is -2.31. The first kappa shape index (κ1) is 24.5. The molecule has 0 aliphatic carbocycles. The predicted molar refractivity (Wildman–Crippen MR) is 147 cm³/mol. The maximum Gasteiger partial charge on any atom is 0.176 e. The molecule has 1 aliphatic rings. The van der Waals surface area contributed by atoms with Gasteiger partial charge in [0.05, 0.1) is 23.1 Å². The first-order valence-corrected chi connectivity index (χ1v) is 12.8. The van der Waals surface area contributed by atoms with Crippen molar-refractivity contribution in [1.29, 1.82) is 5.26 Å². The monoisotopic (exact) mass is 519 g/mol. The molecule has 6 rings (SSSR count). The lowest BCUT2D eigenvalue weighted by atomic mass is 10.0. The number of nitrogen functional groups attached to an aromatic ring is 1. The summed E-state index contributed by atoms with van der Waals surface area (Å²) in [5, 5.41) is 11.7. The SMILES string of the molecule is N#CNC1CCN(Cc2ccc(-n3c(-c4cccnc4N)nc4ccc(-c5ccc(F)cn5)nc43)cc2)CC1. The Morgan fingerprint density at radius 3 is 2.49 bits per heavy atom. The molecule has 9 nitrogen and oxygen atoms in total. The smallest absolute Gasteiger partial charge is 0.176 e. The molecule has 0 saturated carbocycles. The Morgan fingerprint density at radius 1 is 0.974 bits per heavy atom. The average Bonchev–Trinajstić information content (AvgIpc) is 3.34. The zero-order chi connectivity index (χ0) is 26.8. The molecule has 1 saturated heterocycles. The van der Waals surface area contributed by atoms with Crippen molar-refractivity contribution in [1.82, 2.24) is 34.7 Å². The predicted octanol–water partition coefficient (Wildman–Crippen LogP) is 4.30. The van der Waals surface area contributed by atoms with Crippen LogP contribution in [-0.4, -0.2) is 48.5 Å². The Kier molecular flexibility index (Phi) is 6.57. The van der Waals surface area contributed by atoms with Crippen molar-refractivity contribution in [2.45, 2.75) is 25.4 Å². The zero-order valence-corrected chi connectivity index (χ0v) is 21.1. The fraction of sp³-hybridized carbons (Fsp3) is 0.207. The summed E-state index contributed by atoms with van der Waals surface area (Å²) in [5.74, 6) is 0.607. The Bertz CT molecular complexity index is 1650. The van der Waals surface area contributed by atoms with Crippen LogP contribution in [0.25, 0.3) is 39.6 Å². The second kappa shape index (κ2) is 10.5. The van der Waals surface area contributed by atoms with Gasteiger partial charge >= 0.3 is 0 Å². The summed E-state index contributed by atoms with van der Waals surface area (Å²) < 4.78 is 15.4. The summed E-state index contributed by atoms with van der Waals surface area (Å²) in [6.07, 6.45) is 6.80. The number of imidazole rings is 1. The minimum absolute atomic E-state index is 0.268. The van der Waals surface area contributed by atoms with Gasteiger partial charge in [0.15, 0.2) is 17.7 Å². The van der Waals surface area contributed by atoms with E-state index in [0.717, 1.165) is 38.2 Å². The minimum atomic E-state index is -0.400. The molecule has 39 heavy (non-hydrogen) atoms. The Hall–Kier alpha value is -4.88. The van der Waals surface area contributed by atoms with Crippen LogP contribution in [0.1, 0.15) is 18.4 Å². The number of aromatic nitrogens is 5. The Balaban J connectivity index is 1.37. The van der Waals surface area contributed by atoms with Crippen molar-refractivity contribution in [3.8, 4) is 34.7 Å². The number of nitrogens with two attached hydrogens (primary N) is 1. The van der Waals surface area contributed by atoms with Crippen molar-refractivity contribution in [2.75, 3.05) is 18.8 Å². The maximum absolute atomic E-state index is 13.5. The van der Waals surface area contributed by atoms with Gasteiger partial charge in [0.25, 0.3) is 0 Å². The van der Waals surface area contributed by atoms with Gasteiger partial charge in [-0.1, -0.05) is 12.1 Å². The summed E-state index contributed by atoms with van der Waals surface area (Å²) in [6, 6.07) is 19.0. The molecule has 1 aliphatic heterocycles. The molecule has 4 aromatic heterocycles. The number of anilines is 1. The zero-order valence-electron chi connectivity index (χ0n) is 21.1. The van der Waals surface area contributed by atoms with Gasteiger partial charge in [-0.2, -0.15) is 5.26 Å². The van der Waals surface area contributed by atoms with Crippen molar-refractivity contribution in [2.24, 2.45) is 0 Å². The number of likely N-dealkylation sites (tertiary alicyclic amines) is 1. The Morgan fingerprint density at radius 2 is 1.77 bits per heavy atom. The number of benzene rings is 1. The number of hydrogen-bond donors (Lipinski definition) is 2. The third kappa shape index (κ3) is 5.00. The molecule has 0 atom stereocenters. The number of nitriles is 1. The molecule has 0 unspecified atom stereocenters. The fourth-order valence-electron chi connectivity index (χ4n) is 4.99. The van der Waals surface area contributed by atoms with Crippen LogP contribution in [0.2, 0.25) is 0 Å². The standard InChI is InChI=1S/C29H26FN9/c30-20-5-8-24(34-16-20)25-9-10-26-29(36-25)39(28(37-26)23-2-1-13-33-27(23)32)22-6-3-19(4-7-22)17-38-14-11-21(12-15-38)35-18-31/h1-10,13,16,21,35H,11-12,14-15,17H2,(H2,32,33). The highest BCUT2D eigenvalue weighted by Gasteiger charge is 2.21. The maximum atomic E-state index is 13.5. The summed E-state index contributed by atoms with van der Waals surface area (Å²) in [6.45, 7) is 2.73. The molecule has 10 heteroatoms. The van der Waals surface area contributed by atoms with Crippen LogP contribution < -0.4 is 11.1 Å². The number of fused-ring (bicyclic) bond motifs is 1. The highest BCUT2D eigenvalue weighted by Crippen LogP contribution is 2.31. The molecule has 5 aromatic rings. The van der Waals surface area contributed by atoms with Crippen LogP contribution in [-0.2, 0) is 6.54 Å². The van der Waals surface area contributed by atoms with Gasteiger partial charge in [0.2, 0.25) is 0 Å². The van der Waals surface area contributed by atoms with E-state index >= 15 is 0 Å². The van der Waals surface area contributed by atoms with Crippen LogP contribution in [0.15, 0.2) is 73.1 Å². The number of nitrogens with one attached hydrogen (secondary N) is 1. The van der Waals surface area contributed by atoms with Gasteiger partial charge in [-0.3, -0.25) is 14.5 Å². The lowest BCUT2D eigenvalue weighted by molar-refractivity contribution is 0.197. The first-order valence-electron chi connectivity index (χ1n) is 12.8. The number of piperidine rings is 1. The topological polar surface area (TPSA) is 122 Å². The molecule has 0 spiro atoms. The largest absolute Gasteiger partial charge is 0.383 e. The number of hydrogen-bond acceptors (Lipinski definition) is 8. The van der Waals surface area contributed by atoms with Gasteiger partial charge in [0.1, 0.15) is 17.2 Å². The highest BCUT2D eigenvalue weighted by atomic mass is 19.1. The molecule has 1 fully saturated rings. The van der Waals surface area contributed by atoms with Crippen molar-refractivity contribution >= 4 is 17.0 Å². The summed E-state index contributed by atoms with van der Waals surface area (Å²) >= 11 is 0. The minimum Gasteiger partial charge on any atom is -0.383 e. The second-order valence-electron chi connectivity index (χ2n) is 9.58. The summed E-state index contributed by atoms with van der Waals surface area (Å²) in [5.41, 5.74) is 11.5. The van der Waals surface area contributed by atoms with Gasteiger partial charge in [-0.05, 0) is 66.9 Å². The number of rotatable bonds is 6. The van der Waals surface area contributed by atoms with Gasteiger partial charge in [-0.15, -0.1) is 0 Å². The summed E-state index contributed by atoms with van der Waals surface area (Å²) in [4.78, 5) is 20.6. The van der Waals surface area contributed by atoms with Crippen molar-refractivity contribution in [3.63, 3.8) is 0 Å². The van der Waals surface area contributed by atoms with Gasteiger partial charge < -0.3 is 11.1 Å². The molecular formula is C29H26FN9. The third-order valence-electron chi connectivity index (χ3n) is 7.03. The highest BCUT2D eigenvalue weighted by molar-refractivity contribution is 5.84. The van der Waals surface area contributed by atoms with E-state index in [-0.39, 0.29) is 6.04 Å². The van der Waals surface area contributed by atoms with E-state index in [9.17, 15) is 4.39 Å². The molecule has 0 amide bonds. The molecular weight excluding hydrogens is 493 g/mol. The van der Waals surface area contributed by atoms with Crippen LogP contribution >= 0.6 is 0 Å². The normalized spacial score (nSPS) is 14.4. The Labute approximate surface area is 224 Å². The first-order chi connectivity index (χ1) is 19.1. The average molecular weight is 520 g/mol. The lowest BCUT2D eigenvalue weighted by Crippen LogP contribution is -2.40. The number of nitrogens with zero attached hydrogens (tertiary/aromatic N) is 7. The van der Waals surface area contributed by atoms with E-state index in [1.54, 1.807) is 12.3 Å². The van der Waals surface area contributed by atoms with E-state index in [0.29, 0.717) is 39.8 Å². The van der Waals surface area contributed by atoms with E-state index in [2.05, 4.69) is 50.6 Å². The molecule has 0 radical (unpaired) electrons. The summed E-state index contributed by atoms with van der Waals surface area (Å²) in [7, 11) is 0. The second-order valence-corrected chi connectivity index (χ2v) is 9.58. The van der Waals surface area contributed by atoms with Crippen molar-refractivity contribution in [3.05, 3.63) is 84.4 Å². The van der Waals surface area contributed by atoms with Crippen molar-refractivity contribution < 1.29 is 4.39 Å². The third-order valence-corrected chi connectivity index (χ3v) is 7.03. The fourth-order valence-corrected chi connectivity index (χ4v) is 4.99. The van der Waals surface area contributed by atoms with Crippen LogP contribution in [0.4, 0.5) is 10.2 Å². The van der Waals surface area contributed by atoms with E-state index < -0.39 is 5.82 Å². The number of halogens is 1. The van der Waals surface area contributed by atoms with Gasteiger partial charge in [0, 0.05) is 37.6 Å². The molecule has 1 aromatic carbocycles. The molecule has 5 heterocycles. The van der Waals surface area contributed by atoms with E-state index in [4.69, 9.17) is 21.0 Å². The molecule has 0 bridgehead atoms. The quantitative estimate of drug-likeness (QED) is 0.252. The van der Waals surface area contributed by atoms with Gasteiger partial charge in [-0.25, -0.2) is 19.3 Å². The van der Waals surface area contributed by atoms with Crippen LogP contribution in [0.3, 0.4) is 0 Å². The van der Waals surface area contributed by atoms with E-state index in [1.807, 2.05) is 28.8 Å².